The Morgan fingerprint density at radius 3 is 1.36 bits per heavy atom. The largest absolute Gasteiger partial charge is 0.462 e. The Labute approximate surface area is 360 Å². The number of nitrogens with one attached hydrogen (secondary N) is 1. The number of allylic oxidation sites excluding steroid dienone is 6. The minimum absolute atomic E-state index is 0.0626. The van der Waals surface area contributed by atoms with Gasteiger partial charge in [-0.2, -0.15) is 0 Å². The molecule has 0 rings (SSSR count). The van der Waals surface area contributed by atoms with Crippen LogP contribution in [0.15, 0.2) is 36.5 Å². The van der Waals surface area contributed by atoms with Gasteiger partial charge >= 0.3 is 5.97 Å². The van der Waals surface area contributed by atoms with E-state index in [-0.39, 0.29) is 24.9 Å². The number of hydrogen-bond acceptors (Lipinski definition) is 5. The Hall–Kier alpha value is -1.92. The lowest BCUT2D eigenvalue weighted by Crippen LogP contribution is -2.46. The van der Waals surface area contributed by atoms with Crippen molar-refractivity contribution in [1.82, 2.24) is 5.32 Å². The van der Waals surface area contributed by atoms with Gasteiger partial charge in [-0.05, 0) is 77.0 Å². The zero-order valence-electron chi connectivity index (χ0n) is 38.7. The normalized spacial score (nSPS) is 13.5. The first-order valence-electron chi connectivity index (χ1n) is 25.2. The number of hydrogen-bond donors (Lipinski definition) is 3. The summed E-state index contributed by atoms with van der Waals surface area (Å²) in [5.41, 5.74) is 0. The number of esters is 1. The number of ether oxygens (including phenoxy) is 1. The van der Waals surface area contributed by atoms with Gasteiger partial charge in [0, 0.05) is 6.42 Å². The predicted octanol–water partition coefficient (Wildman–Crippen LogP) is 14.9. The molecule has 0 aromatic rings. The van der Waals surface area contributed by atoms with Crippen molar-refractivity contribution in [3.63, 3.8) is 0 Å². The molecule has 0 spiro atoms. The molecule has 0 bridgehead atoms. The maximum atomic E-state index is 13.2. The first-order chi connectivity index (χ1) is 28.5. The maximum absolute atomic E-state index is 13.2. The molecule has 340 valence electrons. The van der Waals surface area contributed by atoms with Crippen LogP contribution in [0.3, 0.4) is 0 Å². The van der Waals surface area contributed by atoms with Crippen LogP contribution in [0, 0.1) is 0 Å². The highest BCUT2D eigenvalue weighted by Gasteiger charge is 2.24. The van der Waals surface area contributed by atoms with Crippen LogP contribution in [0.25, 0.3) is 0 Å². The van der Waals surface area contributed by atoms with E-state index in [2.05, 4.69) is 62.5 Å². The third-order valence-electron chi connectivity index (χ3n) is 11.5. The Balaban J connectivity index is 4.59. The van der Waals surface area contributed by atoms with E-state index in [0.717, 1.165) is 83.5 Å². The minimum Gasteiger partial charge on any atom is -0.462 e. The Bertz CT molecular complexity index is 961. The lowest BCUT2D eigenvalue weighted by molar-refractivity contribution is -0.151. The molecule has 58 heavy (non-hydrogen) atoms. The molecule has 0 saturated heterocycles. The molecule has 0 saturated carbocycles. The zero-order chi connectivity index (χ0) is 42.4. The third-order valence-corrected chi connectivity index (χ3v) is 11.5. The van der Waals surface area contributed by atoms with Crippen LogP contribution in [0.4, 0.5) is 0 Å². The number of unbranched alkanes of at least 4 members (excludes halogenated alkanes) is 28. The molecule has 0 radical (unpaired) electrons. The highest BCUT2D eigenvalue weighted by Crippen LogP contribution is 2.17. The molecule has 0 aliphatic carbocycles. The fourth-order valence-electron chi connectivity index (χ4n) is 7.59. The zero-order valence-corrected chi connectivity index (χ0v) is 38.7. The molecule has 0 aliphatic rings. The average molecular weight is 816 g/mol. The number of rotatable bonds is 45. The van der Waals surface area contributed by atoms with Crippen molar-refractivity contribution in [3.8, 4) is 0 Å². The van der Waals surface area contributed by atoms with Crippen LogP contribution in [0.1, 0.15) is 258 Å². The average Bonchev–Trinajstić information content (AvgIpc) is 3.22. The summed E-state index contributed by atoms with van der Waals surface area (Å²) in [4.78, 5) is 26.1. The summed E-state index contributed by atoms with van der Waals surface area (Å²) in [5.74, 6) is -0.499. The van der Waals surface area contributed by atoms with Gasteiger partial charge in [0.2, 0.25) is 5.91 Å². The SMILES string of the molecule is CCCCC/C=C\CCCCCCCC(=O)OC(CCCCCC/C=C/C=C/CCCCC)CC(=O)NC(CO)C(O)CCCCCCCCCCCCCCCC. The summed E-state index contributed by atoms with van der Waals surface area (Å²) >= 11 is 0. The van der Waals surface area contributed by atoms with Gasteiger partial charge in [0.25, 0.3) is 0 Å². The summed E-state index contributed by atoms with van der Waals surface area (Å²) in [6, 6.07) is -0.707. The van der Waals surface area contributed by atoms with E-state index >= 15 is 0 Å². The van der Waals surface area contributed by atoms with Crippen molar-refractivity contribution in [2.75, 3.05) is 6.61 Å². The quantitative estimate of drug-likeness (QED) is 0.0246. The lowest BCUT2D eigenvalue weighted by Gasteiger charge is -2.24. The van der Waals surface area contributed by atoms with Crippen molar-refractivity contribution in [2.24, 2.45) is 0 Å². The van der Waals surface area contributed by atoms with Crippen LogP contribution in [0.2, 0.25) is 0 Å². The molecule has 3 atom stereocenters. The molecule has 0 aromatic carbocycles. The van der Waals surface area contributed by atoms with Gasteiger partial charge in [-0.1, -0.05) is 205 Å². The van der Waals surface area contributed by atoms with E-state index in [1.54, 1.807) is 0 Å². The van der Waals surface area contributed by atoms with Crippen LogP contribution < -0.4 is 5.32 Å². The van der Waals surface area contributed by atoms with Crippen LogP contribution in [-0.4, -0.2) is 46.9 Å². The van der Waals surface area contributed by atoms with Crippen LogP contribution in [0.5, 0.6) is 0 Å². The van der Waals surface area contributed by atoms with Gasteiger partial charge in [0.05, 0.1) is 25.2 Å². The standard InChI is InChI=1S/C52H97NO5/c1-4-7-10-13-16-19-22-25-27-29-32-35-38-41-44-50(55)49(47-54)53-51(56)46-48(43-40-37-34-31-28-26-23-20-17-14-11-8-5-2)58-52(57)45-42-39-36-33-30-24-21-18-15-12-9-6-3/h17-18,20-21,23,26,48-50,54-55H,4-16,19,22,24-25,27-47H2,1-3H3,(H,53,56)/b20-17+,21-18-,26-23+. The van der Waals surface area contributed by atoms with E-state index in [9.17, 15) is 19.8 Å². The van der Waals surface area contributed by atoms with Gasteiger partial charge in [-0.25, -0.2) is 0 Å². The Kier molecular flexibility index (Phi) is 44.6. The molecular weight excluding hydrogens is 719 g/mol. The van der Waals surface area contributed by atoms with Gasteiger partial charge in [-0.15, -0.1) is 0 Å². The Morgan fingerprint density at radius 2 is 0.879 bits per heavy atom. The van der Waals surface area contributed by atoms with Crippen molar-refractivity contribution in [1.29, 1.82) is 0 Å². The van der Waals surface area contributed by atoms with Crippen LogP contribution >= 0.6 is 0 Å². The minimum atomic E-state index is -0.792. The van der Waals surface area contributed by atoms with Crippen molar-refractivity contribution < 1.29 is 24.5 Å². The van der Waals surface area contributed by atoms with E-state index < -0.39 is 18.2 Å². The molecule has 1 amide bonds. The number of amides is 1. The predicted molar refractivity (Wildman–Crippen MR) is 250 cm³/mol. The number of aliphatic hydroxyl groups is 2. The van der Waals surface area contributed by atoms with Crippen molar-refractivity contribution >= 4 is 11.9 Å². The summed E-state index contributed by atoms with van der Waals surface area (Å²) in [7, 11) is 0. The summed E-state index contributed by atoms with van der Waals surface area (Å²) < 4.78 is 5.91. The second kappa shape index (κ2) is 46.2. The summed E-state index contributed by atoms with van der Waals surface area (Å²) in [5, 5.41) is 23.7. The lowest BCUT2D eigenvalue weighted by atomic mass is 10.0. The summed E-state index contributed by atoms with van der Waals surface area (Å²) in [6.45, 7) is 6.43. The van der Waals surface area contributed by atoms with Crippen LogP contribution in [-0.2, 0) is 14.3 Å². The smallest absolute Gasteiger partial charge is 0.306 e. The third kappa shape index (κ3) is 40.8. The Morgan fingerprint density at radius 1 is 0.500 bits per heavy atom. The molecule has 0 aliphatic heterocycles. The number of carbonyl (C=O) groups excluding carboxylic acids is 2. The molecule has 0 heterocycles. The molecule has 0 aromatic heterocycles. The van der Waals surface area contributed by atoms with Crippen molar-refractivity contribution in [3.05, 3.63) is 36.5 Å². The first-order valence-corrected chi connectivity index (χ1v) is 25.2. The molecule has 3 N–H and O–H groups in total. The fraction of sp³-hybridized carbons (Fsp3) is 0.846. The second-order valence-corrected chi connectivity index (χ2v) is 17.2. The highest BCUT2D eigenvalue weighted by molar-refractivity contribution is 5.77. The van der Waals surface area contributed by atoms with Gasteiger partial charge < -0.3 is 20.3 Å². The second-order valence-electron chi connectivity index (χ2n) is 17.2. The molecular formula is C52H97NO5. The maximum Gasteiger partial charge on any atom is 0.306 e. The molecule has 0 fully saturated rings. The molecule has 6 nitrogen and oxygen atoms in total. The fourth-order valence-corrected chi connectivity index (χ4v) is 7.59. The van der Waals surface area contributed by atoms with E-state index in [0.29, 0.717) is 19.3 Å². The highest BCUT2D eigenvalue weighted by atomic mass is 16.5. The monoisotopic (exact) mass is 816 g/mol. The van der Waals surface area contributed by atoms with E-state index in [1.165, 1.54) is 128 Å². The topological polar surface area (TPSA) is 95.9 Å². The van der Waals surface area contributed by atoms with E-state index in [4.69, 9.17) is 4.74 Å². The molecule has 3 unspecified atom stereocenters. The van der Waals surface area contributed by atoms with Gasteiger partial charge in [-0.3, -0.25) is 9.59 Å². The molecule has 6 heteroatoms. The van der Waals surface area contributed by atoms with E-state index in [1.807, 2.05) is 0 Å². The number of carbonyl (C=O) groups is 2. The first kappa shape index (κ1) is 56.1. The van der Waals surface area contributed by atoms with Crippen molar-refractivity contribution in [2.45, 2.75) is 277 Å². The van der Waals surface area contributed by atoms with Gasteiger partial charge in [0.15, 0.2) is 0 Å². The summed E-state index contributed by atoms with van der Waals surface area (Å²) in [6.07, 6.45) is 53.4. The van der Waals surface area contributed by atoms with Gasteiger partial charge in [0.1, 0.15) is 6.10 Å². The number of aliphatic hydroxyl groups excluding tert-OH is 2.